The van der Waals surface area contributed by atoms with Gasteiger partial charge in [0.1, 0.15) is 0 Å². The Balaban J connectivity index is 1.87. The maximum absolute atomic E-state index is 12.6. The zero-order valence-corrected chi connectivity index (χ0v) is 15.2. The number of hydrogen-bond acceptors (Lipinski definition) is 3. The highest BCUT2D eigenvalue weighted by atomic mass is 16.2. The van der Waals surface area contributed by atoms with Gasteiger partial charge in [0.25, 0.3) is 0 Å². The van der Waals surface area contributed by atoms with Crippen LogP contribution in [0.3, 0.4) is 0 Å². The first-order valence-corrected chi connectivity index (χ1v) is 9.22. The van der Waals surface area contributed by atoms with E-state index in [9.17, 15) is 9.59 Å². The smallest absolute Gasteiger partial charge is 0.239 e. The van der Waals surface area contributed by atoms with E-state index in [4.69, 9.17) is 0 Å². The molecule has 0 bridgehead atoms. The van der Waals surface area contributed by atoms with Crippen LogP contribution in [-0.4, -0.2) is 59.9 Å². The topological polar surface area (TPSA) is 52.7 Å². The van der Waals surface area contributed by atoms with Crippen molar-refractivity contribution in [2.45, 2.75) is 65.5 Å². The molecule has 0 radical (unpaired) electrons. The highest BCUT2D eigenvalue weighted by Crippen LogP contribution is 2.22. The third-order valence-corrected chi connectivity index (χ3v) is 5.63. The van der Waals surface area contributed by atoms with E-state index in [-0.39, 0.29) is 17.9 Å². The van der Waals surface area contributed by atoms with E-state index < -0.39 is 0 Å². The van der Waals surface area contributed by atoms with Gasteiger partial charge < -0.3 is 15.1 Å². The second kappa shape index (κ2) is 8.13. The summed E-state index contributed by atoms with van der Waals surface area (Å²) in [5, 5.41) is 3.56. The third-order valence-electron chi connectivity index (χ3n) is 5.63. The van der Waals surface area contributed by atoms with Crippen molar-refractivity contribution in [3.8, 4) is 0 Å². The van der Waals surface area contributed by atoms with Crippen LogP contribution in [0.5, 0.6) is 0 Å². The zero-order chi connectivity index (χ0) is 17.0. The fourth-order valence-electron chi connectivity index (χ4n) is 3.85. The van der Waals surface area contributed by atoms with Gasteiger partial charge in [-0.3, -0.25) is 9.59 Å². The number of carbonyl (C=O) groups excluding carboxylic acids is 2. The number of nitrogens with one attached hydrogen (secondary N) is 1. The number of rotatable bonds is 4. The van der Waals surface area contributed by atoms with E-state index >= 15 is 0 Å². The second-order valence-electron chi connectivity index (χ2n) is 7.42. The Bertz CT molecular complexity index is 418. The van der Waals surface area contributed by atoms with Crippen LogP contribution in [0.2, 0.25) is 0 Å². The Kier molecular flexibility index (Phi) is 6.45. The molecular weight excluding hydrogens is 290 g/mol. The summed E-state index contributed by atoms with van der Waals surface area (Å²) < 4.78 is 0. The number of amides is 2. The highest BCUT2D eigenvalue weighted by Gasteiger charge is 2.32. The van der Waals surface area contributed by atoms with Crippen molar-refractivity contribution >= 4 is 11.8 Å². The molecule has 2 aliphatic rings. The van der Waals surface area contributed by atoms with Gasteiger partial charge in [-0.25, -0.2) is 0 Å². The Hall–Kier alpha value is -1.10. The highest BCUT2D eigenvalue weighted by molar-refractivity contribution is 5.81. The molecule has 5 nitrogen and oxygen atoms in total. The first-order valence-electron chi connectivity index (χ1n) is 9.22. The summed E-state index contributed by atoms with van der Waals surface area (Å²) in [6, 6.07) is 0.199. The summed E-state index contributed by atoms with van der Waals surface area (Å²) in [4.78, 5) is 28.2. The normalized spacial score (nSPS) is 27.8. The summed E-state index contributed by atoms with van der Waals surface area (Å²) in [7, 11) is 0. The third kappa shape index (κ3) is 4.69. The van der Waals surface area contributed by atoms with Crippen molar-refractivity contribution in [2.24, 2.45) is 11.8 Å². The molecule has 3 atom stereocenters. The summed E-state index contributed by atoms with van der Waals surface area (Å²) in [5.41, 5.74) is 0. The number of piperidine rings is 2. The van der Waals surface area contributed by atoms with Crippen molar-refractivity contribution in [2.75, 3.05) is 26.2 Å². The number of likely N-dealkylation sites (tertiary alicyclic amines) is 2. The van der Waals surface area contributed by atoms with Crippen LogP contribution in [-0.2, 0) is 9.59 Å². The van der Waals surface area contributed by atoms with Gasteiger partial charge in [-0.2, -0.15) is 0 Å². The summed E-state index contributed by atoms with van der Waals surface area (Å²) in [6.07, 6.45) is 4.20. The van der Waals surface area contributed by atoms with Crippen LogP contribution < -0.4 is 5.32 Å². The maximum Gasteiger partial charge on any atom is 0.239 e. The lowest BCUT2D eigenvalue weighted by molar-refractivity contribution is -0.135. The van der Waals surface area contributed by atoms with Gasteiger partial charge in [-0.1, -0.05) is 20.3 Å². The van der Waals surface area contributed by atoms with Crippen LogP contribution in [0, 0.1) is 11.8 Å². The number of hydrogen-bond donors (Lipinski definition) is 1. The molecule has 0 saturated carbocycles. The van der Waals surface area contributed by atoms with Crippen LogP contribution in [0.25, 0.3) is 0 Å². The summed E-state index contributed by atoms with van der Waals surface area (Å²) in [6.45, 7) is 11.5. The Morgan fingerprint density at radius 3 is 2.30 bits per heavy atom. The Labute approximate surface area is 140 Å². The first-order chi connectivity index (χ1) is 10.9. The zero-order valence-electron chi connectivity index (χ0n) is 15.2. The maximum atomic E-state index is 12.6. The van der Waals surface area contributed by atoms with Crippen molar-refractivity contribution < 1.29 is 9.59 Å². The molecule has 0 aromatic rings. The molecule has 2 rings (SSSR count). The van der Waals surface area contributed by atoms with Crippen LogP contribution in [0.4, 0.5) is 0 Å². The minimum Gasteiger partial charge on any atom is -0.343 e. The van der Waals surface area contributed by atoms with Crippen molar-refractivity contribution in [1.29, 1.82) is 0 Å². The first kappa shape index (κ1) is 18.2. The summed E-state index contributed by atoms with van der Waals surface area (Å²) in [5.74, 6) is 1.57. The van der Waals surface area contributed by atoms with Gasteiger partial charge in [-0.05, 0) is 38.0 Å². The van der Waals surface area contributed by atoms with E-state index in [1.807, 2.05) is 16.7 Å². The largest absolute Gasteiger partial charge is 0.343 e. The molecule has 0 aromatic carbocycles. The minimum atomic E-state index is -0.133. The van der Waals surface area contributed by atoms with E-state index in [2.05, 4.69) is 19.2 Å². The molecule has 0 aliphatic carbocycles. The monoisotopic (exact) mass is 323 g/mol. The summed E-state index contributed by atoms with van der Waals surface area (Å²) >= 11 is 0. The fourth-order valence-corrected chi connectivity index (χ4v) is 3.85. The molecule has 2 heterocycles. The molecule has 5 heteroatoms. The second-order valence-corrected chi connectivity index (χ2v) is 7.42. The molecule has 2 saturated heterocycles. The van der Waals surface area contributed by atoms with E-state index in [0.717, 1.165) is 57.8 Å². The fraction of sp³-hybridized carbons (Fsp3) is 0.889. The quantitative estimate of drug-likeness (QED) is 0.859. The van der Waals surface area contributed by atoms with Crippen molar-refractivity contribution in [3.05, 3.63) is 0 Å². The average molecular weight is 323 g/mol. The van der Waals surface area contributed by atoms with Crippen LogP contribution >= 0.6 is 0 Å². The molecule has 2 fully saturated rings. The number of carbonyl (C=O) groups is 2. The molecular formula is C18H33N3O2. The molecule has 2 aliphatic heterocycles. The van der Waals surface area contributed by atoms with Gasteiger partial charge in [0.15, 0.2) is 0 Å². The molecule has 132 valence electrons. The van der Waals surface area contributed by atoms with Gasteiger partial charge in [0.05, 0.1) is 6.04 Å². The van der Waals surface area contributed by atoms with E-state index in [0.29, 0.717) is 12.0 Å². The predicted octanol–water partition coefficient (Wildman–Crippen LogP) is 1.87. The van der Waals surface area contributed by atoms with Crippen molar-refractivity contribution in [1.82, 2.24) is 15.1 Å². The van der Waals surface area contributed by atoms with Crippen LogP contribution in [0.15, 0.2) is 0 Å². The van der Waals surface area contributed by atoms with E-state index in [1.54, 1.807) is 6.92 Å². The molecule has 0 spiro atoms. The van der Waals surface area contributed by atoms with Gasteiger partial charge in [-0.15, -0.1) is 0 Å². The molecule has 23 heavy (non-hydrogen) atoms. The minimum absolute atomic E-state index is 0.133. The van der Waals surface area contributed by atoms with Gasteiger partial charge in [0.2, 0.25) is 11.8 Å². The Morgan fingerprint density at radius 2 is 1.74 bits per heavy atom. The lowest BCUT2D eigenvalue weighted by Crippen LogP contribution is -2.56. The molecule has 0 unspecified atom stereocenters. The average Bonchev–Trinajstić information content (AvgIpc) is 2.55. The standard InChI is InChI=1S/C18H33N3O2/c1-5-16-12-21(15(4)22)11-8-17(16)19-14(3)18(23)20-9-6-13(2)7-10-20/h13-14,16-17,19H,5-12H2,1-4H3/t14-,16+,17+/m0/s1. The van der Waals surface area contributed by atoms with E-state index in [1.165, 1.54) is 0 Å². The number of nitrogens with zero attached hydrogens (tertiary/aromatic N) is 2. The SMILES string of the molecule is CC[C@@H]1CN(C(C)=O)CC[C@H]1N[C@@H](C)C(=O)N1CCC(C)CC1. The lowest BCUT2D eigenvalue weighted by Gasteiger charge is -2.40. The van der Waals surface area contributed by atoms with Gasteiger partial charge >= 0.3 is 0 Å². The van der Waals surface area contributed by atoms with Crippen LogP contribution in [0.1, 0.15) is 53.4 Å². The predicted molar refractivity (Wildman–Crippen MR) is 92.0 cm³/mol. The molecule has 1 N–H and O–H groups in total. The lowest BCUT2D eigenvalue weighted by atomic mass is 9.89. The van der Waals surface area contributed by atoms with Gasteiger partial charge in [0, 0.05) is 39.1 Å². The molecule has 0 aromatic heterocycles. The Morgan fingerprint density at radius 1 is 1.13 bits per heavy atom. The molecule has 2 amide bonds. The van der Waals surface area contributed by atoms with Crippen molar-refractivity contribution in [3.63, 3.8) is 0 Å².